The first-order valence-electron chi connectivity index (χ1n) is 6.45. The Morgan fingerprint density at radius 1 is 1.33 bits per heavy atom. The molecule has 0 atom stereocenters. The molecule has 18 heavy (non-hydrogen) atoms. The van der Waals surface area contributed by atoms with Gasteiger partial charge in [0.1, 0.15) is 5.76 Å². The summed E-state index contributed by atoms with van der Waals surface area (Å²) in [6.45, 7) is 6.75. The maximum atomic E-state index is 10.8. The Kier molecular flexibility index (Phi) is 3.55. The van der Waals surface area contributed by atoms with Crippen LogP contribution in [0.2, 0.25) is 0 Å². The van der Waals surface area contributed by atoms with Gasteiger partial charge in [-0.15, -0.1) is 0 Å². The lowest BCUT2D eigenvalue weighted by Crippen LogP contribution is -2.18. The van der Waals surface area contributed by atoms with Crippen LogP contribution < -0.4 is 0 Å². The van der Waals surface area contributed by atoms with Crippen molar-refractivity contribution in [2.75, 3.05) is 0 Å². The quantitative estimate of drug-likeness (QED) is 0.725. The minimum atomic E-state index is 0.215. The van der Waals surface area contributed by atoms with E-state index in [1.807, 2.05) is 6.08 Å². The Balaban J connectivity index is 2.30. The van der Waals surface area contributed by atoms with E-state index in [-0.39, 0.29) is 5.41 Å². The van der Waals surface area contributed by atoms with Crippen LogP contribution in [0.5, 0.6) is 0 Å². The van der Waals surface area contributed by atoms with Crippen molar-refractivity contribution in [2.45, 2.75) is 40.0 Å². The number of aldehydes is 1. The summed E-state index contributed by atoms with van der Waals surface area (Å²) in [4.78, 5) is 10.8. The second-order valence-corrected chi connectivity index (χ2v) is 5.62. The molecule has 0 N–H and O–H groups in total. The molecule has 1 aliphatic rings. The van der Waals surface area contributed by atoms with Gasteiger partial charge < -0.3 is 4.42 Å². The maximum absolute atomic E-state index is 10.8. The minimum absolute atomic E-state index is 0.215. The molecular weight excluding hydrogens is 224 g/mol. The Morgan fingerprint density at radius 3 is 2.78 bits per heavy atom. The van der Waals surface area contributed by atoms with Crippen molar-refractivity contribution in [3.63, 3.8) is 0 Å². The molecule has 0 aliphatic heterocycles. The zero-order valence-electron chi connectivity index (χ0n) is 11.3. The van der Waals surface area contributed by atoms with Gasteiger partial charge in [0.05, 0.1) is 11.8 Å². The molecule has 2 heteroatoms. The molecule has 96 valence electrons. The molecule has 0 saturated carbocycles. The van der Waals surface area contributed by atoms with Crippen LogP contribution >= 0.6 is 0 Å². The molecule has 0 amide bonds. The third kappa shape index (κ3) is 2.47. The van der Waals surface area contributed by atoms with Crippen LogP contribution in [0.25, 0.3) is 6.08 Å². The smallest absolute Gasteiger partial charge is 0.153 e. The van der Waals surface area contributed by atoms with Crippen LogP contribution in [0.1, 0.15) is 56.2 Å². The average Bonchev–Trinajstić information content (AvgIpc) is 2.75. The molecule has 1 aromatic rings. The van der Waals surface area contributed by atoms with Gasteiger partial charge in [-0.3, -0.25) is 4.79 Å². The zero-order chi connectivity index (χ0) is 13.2. The predicted octanol–water partition coefficient (Wildman–Crippen LogP) is 4.63. The van der Waals surface area contributed by atoms with Gasteiger partial charge in [-0.25, -0.2) is 0 Å². The lowest BCUT2D eigenvalue weighted by Gasteiger charge is -2.32. The Morgan fingerprint density at radius 2 is 2.11 bits per heavy atom. The second-order valence-electron chi connectivity index (χ2n) is 5.62. The normalized spacial score (nSPS) is 19.5. The Labute approximate surface area is 108 Å². The predicted molar refractivity (Wildman–Crippen MR) is 73.5 cm³/mol. The van der Waals surface area contributed by atoms with Gasteiger partial charge in [0.25, 0.3) is 0 Å². The van der Waals surface area contributed by atoms with Gasteiger partial charge >= 0.3 is 0 Å². The van der Waals surface area contributed by atoms with E-state index in [0.717, 1.165) is 6.29 Å². The summed E-state index contributed by atoms with van der Waals surface area (Å²) in [6, 6.07) is 1.69. The third-order valence-corrected chi connectivity index (χ3v) is 3.80. The first kappa shape index (κ1) is 12.9. The summed E-state index contributed by atoms with van der Waals surface area (Å²) >= 11 is 0. The number of rotatable bonds is 3. The molecule has 0 fully saturated rings. The van der Waals surface area contributed by atoms with Crippen LogP contribution in [0.15, 0.2) is 34.0 Å². The fourth-order valence-corrected chi connectivity index (χ4v) is 2.73. The highest BCUT2D eigenvalue weighted by atomic mass is 16.3. The molecule has 1 aliphatic carbocycles. The number of allylic oxidation sites excluding steroid dienone is 3. The summed E-state index contributed by atoms with van der Waals surface area (Å²) < 4.78 is 5.31. The standard InChI is InChI=1S/C16H20O2/c1-12-5-4-9-16(2,3)14(12)6-7-15-13(11-17)8-10-18-15/h6-8,10-11H,4-5,9H2,1-3H3/b7-6+. The fraction of sp³-hybridized carbons (Fsp3) is 0.438. The molecule has 0 unspecified atom stereocenters. The van der Waals surface area contributed by atoms with Crippen molar-refractivity contribution in [1.29, 1.82) is 0 Å². The third-order valence-electron chi connectivity index (χ3n) is 3.80. The van der Waals surface area contributed by atoms with E-state index in [9.17, 15) is 4.79 Å². The molecule has 0 saturated heterocycles. The Bertz CT molecular complexity index is 501. The number of carbonyl (C=O) groups excluding carboxylic acids is 1. The highest BCUT2D eigenvalue weighted by Gasteiger charge is 2.26. The number of furan rings is 1. The van der Waals surface area contributed by atoms with E-state index in [1.165, 1.54) is 30.4 Å². The monoisotopic (exact) mass is 244 g/mol. The van der Waals surface area contributed by atoms with Gasteiger partial charge in [-0.05, 0) is 49.3 Å². The largest absolute Gasteiger partial charge is 0.464 e. The molecule has 2 nitrogen and oxygen atoms in total. The van der Waals surface area contributed by atoms with Crippen LogP contribution in [0, 0.1) is 5.41 Å². The highest BCUT2D eigenvalue weighted by molar-refractivity contribution is 5.80. The first-order valence-corrected chi connectivity index (χ1v) is 6.45. The highest BCUT2D eigenvalue weighted by Crippen LogP contribution is 2.40. The van der Waals surface area contributed by atoms with Crippen molar-refractivity contribution in [1.82, 2.24) is 0 Å². The van der Waals surface area contributed by atoms with E-state index in [2.05, 4.69) is 26.8 Å². The number of hydrogen-bond donors (Lipinski definition) is 0. The van der Waals surface area contributed by atoms with Crippen LogP contribution in [0.3, 0.4) is 0 Å². The molecular formula is C16H20O2. The summed E-state index contributed by atoms with van der Waals surface area (Å²) in [7, 11) is 0. The minimum Gasteiger partial charge on any atom is -0.464 e. The second kappa shape index (κ2) is 4.97. The van der Waals surface area contributed by atoms with E-state index in [4.69, 9.17) is 4.42 Å². The SMILES string of the molecule is CC1=C(/C=C/c2occc2C=O)C(C)(C)CCC1. The molecule has 0 bridgehead atoms. The first-order chi connectivity index (χ1) is 8.54. The van der Waals surface area contributed by atoms with Gasteiger partial charge in [0.2, 0.25) is 0 Å². The summed E-state index contributed by atoms with van der Waals surface area (Å²) in [5, 5.41) is 0. The molecule has 0 radical (unpaired) electrons. The van der Waals surface area contributed by atoms with E-state index >= 15 is 0 Å². The Hall–Kier alpha value is -1.57. The zero-order valence-corrected chi connectivity index (χ0v) is 11.3. The van der Waals surface area contributed by atoms with Gasteiger partial charge in [-0.2, -0.15) is 0 Å². The van der Waals surface area contributed by atoms with Crippen molar-refractivity contribution in [3.8, 4) is 0 Å². The molecule has 1 aromatic heterocycles. The van der Waals surface area contributed by atoms with E-state index in [1.54, 1.807) is 12.3 Å². The topological polar surface area (TPSA) is 30.2 Å². The average molecular weight is 244 g/mol. The molecule has 1 heterocycles. The molecule has 0 spiro atoms. The van der Waals surface area contributed by atoms with Crippen LogP contribution in [-0.4, -0.2) is 6.29 Å². The van der Waals surface area contributed by atoms with Crippen molar-refractivity contribution >= 4 is 12.4 Å². The lowest BCUT2D eigenvalue weighted by molar-refractivity contribution is 0.112. The van der Waals surface area contributed by atoms with Gasteiger partial charge in [0.15, 0.2) is 6.29 Å². The number of hydrogen-bond acceptors (Lipinski definition) is 2. The summed E-state index contributed by atoms with van der Waals surface area (Å²) in [5.41, 5.74) is 3.65. The molecule has 0 aromatic carbocycles. The summed E-state index contributed by atoms with van der Waals surface area (Å²) in [5.74, 6) is 0.645. The van der Waals surface area contributed by atoms with Crippen molar-refractivity contribution in [2.24, 2.45) is 5.41 Å². The van der Waals surface area contributed by atoms with Crippen molar-refractivity contribution < 1.29 is 9.21 Å². The van der Waals surface area contributed by atoms with E-state index < -0.39 is 0 Å². The van der Waals surface area contributed by atoms with Crippen molar-refractivity contribution in [3.05, 3.63) is 40.9 Å². The van der Waals surface area contributed by atoms with Gasteiger partial charge in [-0.1, -0.05) is 25.5 Å². The van der Waals surface area contributed by atoms with Crippen LogP contribution in [-0.2, 0) is 0 Å². The summed E-state index contributed by atoms with van der Waals surface area (Å²) in [6.07, 6.45) is 10.0. The maximum Gasteiger partial charge on any atom is 0.153 e. The van der Waals surface area contributed by atoms with Gasteiger partial charge in [0, 0.05) is 0 Å². The number of carbonyl (C=O) groups is 1. The van der Waals surface area contributed by atoms with Crippen LogP contribution in [0.4, 0.5) is 0 Å². The molecule has 2 rings (SSSR count). The lowest BCUT2D eigenvalue weighted by atomic mass is 9.72. The fourth-order valence-electron chi connectivity index (χ4n) is 2.73. The van der Waals surface area contributed by atoms with E-state index in [0.29, 0.717) is 11.3 Å².